The number of amides is 1. The van der Waals surface area contributed by atoms with E-state index in [2.05, 4.69) is 30.3 Å². The Morgan fingerprint density at radius 2 is 1.87 bits per heavy atom. The number of hydrogen-bond donors (Lipinski definition) is 2. The lowest BCUT2D eigenvalue weighted by Gasteiger charge is -2.28. The highest BCUT2D eigenvalue weighted by Gasteiger charge is 2.27. The molecule has 0 bridgehead atoms. The molecule has 2 unspecified atom stereocenters. The number of halogens is 1. The third kappa shape index (κ3) is 5.69. The summed E-state index contributed by atoms with van der Waals surface area (Å²) in [4.78, 5) is 27.5. The molecule has 0 aliphatic rings. The van der Waals surface area contributed by atoms with Crippen LogP contribution in [0.15, 0.2) is 59.4 Å². The van der Waals surface area contributed by atoms with Crippen LogP contribution in [0.5, 0.6) is 0 Å². The van der Waals surface area contributed by atoms with E-state index in [0.29, 0.717) is 40.6 Å². The fourth-order valence-corrected chi connectivity index (χ4v) is 5.00. The molecule has 7 nitrogen and oxygen atoms in total. The van der Waals surface area contributed by atoms with Gasteiger partial charge in [-0.25, -0.2) is 4.79 Å². The van der Waals surface area contributed by atoms with Crippen LogP contribution in [0, 0.1) is 19.8 Å². The number of nitrogens with zero attached hydrogens (tertiary/aromatic N) is 3. The molecule has 0 aliphatic heterocycles. The van der Waals surface area contributed by atoms with Crippen molar-refractivity contribution in [2.45, 2.75) is 59.5 Å². The predicted octanol–water partition coefficient (Wildman–Crippen LogP) is 5.22. The lowest BCUT2D eigenvalue weighted by Crippen LogP contribution is -2.39. The molecular weight excluding hydrogens is 498 g/mol. The Labute approximate surface area is 228 Å². The highest BCUT2D eigenvalue weighted by atomic mass is 35.5. The number of aromatic nitrogens is 3. The smallest absolute Gasteiger partial charge is 0.343 e. The van der Waals surface area contributed by atoms with Gasteiger partial charge < -0.3 is 11.1 Å². The first-order chi connectivity index (χ1) is 18.2. The average Bonchev–Trinajstić information content (AvgIpc) is 3.21. The minimum atomic E-state index is -0.427. The number of carbonyl (C=O) groups excluding carboxylic acids is 1. The third-order valence-corrected chi connectivity index (χ3v) is 7.65. The summed E-state index contributed by atoms with van der Waals surface area (Å²) in [6.07, 6.45) is 2.32. The summed E-state index contributed by atoms with van der Waals surface area (Å²) in [7, 11) is 0. The molecule has 200 valence electrons. The van der Waals surface area contributed by atoms with Gasteiger partial charge in [0.2, 0.25) is 0 Å². The van der Waals surface area contributed by atoms with Crippen LogP contribution in [0.1, 0.15) is 71.2 Å². The molecule has 0 radical (unpaired) electrons. The van der Waals surface area contributed by atoms with Crippen LogP contribution < -0.4 is 16.7 Å². The fraction of sp³-hybridized carbons (Fsp3) is 0.367. The zero-order valence-corrected chi connectivity index (χ0v) is 23.3. The lowest BCUT2D eigenvalue weighted by molar-refractivity contribution is 0.0919. The van der Waals surface area contributed by atoms with Gasteiger partial charge in [-0.1, -0.05) is 79.9 Å². The van der Waals surface area contributed by atoms with Gasteiger partial charge in [-0.2, -0.15) is 9.61 Å². The van der Waals surface area contributed by atoms with Crippen LogP contribution in [0.3, 0.4) is 0 Å². The summed E-state index contributed by atoms with van der Waals surface area (Å²) in [6, 6.07) is 17.1. The van der Waals surface area contributed by atoms with E-state index in [1.807, 2.05) is 55.5 Å². The minimum Gasteiger partial charge on any atom is -0.343 e. The molecule has 0 fully saturated rings. The van der Waals surface area contributed by atoms with Gasteiger partial charge in [0.1, 0.15) is 0 Å². The number of benzene rings is 2. The molecule has 8 heteroatoms. The second kappa shape index (κ2) is 12.0. The normalized spacial score (nSPS) is 13.0. The van der Waals surface area contributed by atoms with Gasteiger partial charge in [0.05, 0.1) is 28.8 Å². The quantitative estimate of drug-likeness (QED) is 0.292. The maximum atomic E-state index is 13.8. The first-order valence-electron chi connectivity index (χ1n) is 13.2. The summed E-state index contributed by atoms with van der Waals surface area (Å²) < 4.78 is 3.05. The van der Waals surface area contributed by atoms with E-state index in [0.717, 1.165) is 36.0 Å². The second-order valence-corrected chi connectivity index (χ2v) is 10.4. The van der Waals surface area contributed by atoms with Crippen molar-refractivity contribution in [2.75, 3.05) is 6.54 Å². The minimum absolute atomic E-state index is 0.0450. The summed E-state index contributed by atoms with van der Waals surface area (Å²) in [5.74, 6) is -0.125. The SMILES string of the molecule is CCC(C)C(NC(=O)c1ccc(C)cc1CCCN)c1cc2c(Cl)c(C)nn2c(=O)n1Cc1ccccc1. The van der Waals surface area contributed by atoms with Crippen molar-refractivity contribution in [1.82, 2.24) is 19.5 Å². The molecule has 2 heterocycles. The van der Waals surface area contributed by atoms with Gasteiger partial charge in [-0.15, -0.1) is 0 Å². The monoisotopic (exact) mass is 533 g/mol. The number of rotatable bonds is 10. The van der Waals surface area contributed by atoms with E-state index in [-0.39, 0.29) is 17.5 Å². The average molecular weight is 534 g/mol. The summed E-state index contributed by atoms with van der Waals surface area (Å²) in [5, 5.41) is 8.11. The molecule has 2 aromatic carbocycles. The van der Waals surface area contributed by atoms with E-state index in [1.54, 1.807) is 11.5 Å². The maximum absolute atomic E-state index is 13.8. The van der Waals surface area contributed by atoms with Crippen molar-refractivity contribution in [1.29, 1.82) is 0 Å². The Morgan fingerprint density at radius 3 is 2.55 bits per heavy atom. The molecule has 2 aromatic heterocycles. The number of aryl methyl sites for hydroxylation is 3. The Kier molecular flexibility index (Phi) is 8.69. The topological polar surface area (TPSA) is 94.4 Å². The van der Waals surface area contributed by atoms with Gasteiger partial charge >= 0.3 is 5.69 Å². The molecule has 0 saturated carbocycles. The van der Waals surface area contributed by atoms with Crippen molar-refractivity contribution in [3.8, 4) is 0 Å². The molecule has 0 saturated heterocycles. The van der Waals surface area contributed by atoms with Crippen molar-refractivity contribution in [3.63, 3.8) is 0 Å². The molecule has 38 heavy (non-hydrogen) atoms. The standard InChI is InChI=1S/C30H36ClN5O2/c1-5-20(3)28(33-29(37)24-14-13-19(2)16-23(24)12-9-15-32)26-17-25-27(31)21(4)34-36(25)30(38)35(26)18-22-10-7-6-8-11-22/h6-8,10-11,13-14,16-17,20,28H,5,9,12,15,18,32H2,1-4H3,(H,33,37). The van der Waals surface area contributed by atoms with Crippen molar-refractivity contribution in [2.24, 2.45) is 11.7 Å². The van der Waals surface area contributed by atoms with Gasteiger partial charge in [-0.05, 0) is 62.4 Å². The number of nitrogens with two attached hydrogens (primary N) is 1. The number of carbonyl (C=O) groups is 1. The molecule has 4 rings (SSSR count). The van der Waals surface area contributed by atoms with E-state index in [9.17, 15) is 9.59 Å². The zero-order valence-electron chi connectivity index (χ0n) is 22.5. The highest BCUT2D eigenvalue weighted by Crippen LogP contribution is 2.29. The van der Waals surface area contributed by atoms with Crippen LogP contribution in [0.25, 0.3) is 5.52 Å². The molecule has 0 spiro atoms. The molecule has 4 aromatic rings. The van der Waals surface area contributed by atoms with Gasteiger partial charge in [-0.3, -0.25) is 9.36 Å². The third-order valence-electron chi connectivity index (χ3n) is 7.19. The van der Waals surface area contributed by atoms with Crippen LogP contribution in [0.4, 0.5) is 0 Å². The summed E-state index contributed by atoms with van der Waals surface area (Å²) in [6.45, 7) is 8.86. The fourth-order valence-electron chi connectivity index (χ4n) is 4.83. The summed E-state index contributed by atoms with van der Waals surface area (Å²) >= 11 is 6.57. The Bertz CT molecular complexity index is 1490. The maximum Gasteiger partial charge on any atom is 0.349 e. The van der Waals surface area contributed by atoms with Crippen LogP contribution >= 0.6 is 11.6 Å². The van der Waals surface area contributed by atoms with Gasteiger partial charge in [0.15, 0.2) is 0 Å². The van der Waals surface area contributed by atoms with E-state index < -0.39 is 6.04 Å². The van der Waals surface area contributed by atoms with E-state index >= 15 is 0 Å². The van der Waals surface area contributed by atoms with Crippen molar-refractivity contribution < 1.29 is 4.79 Å². The highest BCUT2D eigenvalue weighted by molar-refractivity contribution is 6.34. The summed E-state index contributed by atoms with van der Waals surface area (Å²) in [5.41, 5.74) is 11.0. The van der Waals surface area contributed by atoms with Crippen LogP contribution in [0.2, 0.25) is 5.02 Å². The van der Waals surface area contributed by atoms with Crippen LogP contribution in [-0.2, 0) is 13.0 Å². The van der Waals surface area contributed by atoms with E-state index in [1.165, 1.54) is 4.52 Å². The Balaban J connectivity index is 1.84. The van der Waals surface area contributed by atoms with Crippen molar-refractivity contribution in [3.05, 3.63) is 104 Å². The Hall–Kier alpha value is -3.42. The predicted molar refractivity (Wildman–Crippen MR) is 153 cm³/mol. The number of fused-ring (bicyclic) bond motifs is 1. The molecule has 3 N–H and O–H groups in total. The molecule has 2 atom stereocenters. The Morgan fingerprint density at radius 1 is 1.13 bits per heavy atom. The van der Waals surface area contributed by atoms with Crippen LogP contribution in [-0.4, -0.2) is 26.6 Å². The first kappa shape index (κ1) is 27.6. The second-order valence-electron chi connectivity index (χ2n) is 10.0. The van der Waals surface area contributed by atoms with E-state index in [4.69, 9.17) is 17.3 Å². The first-order valence-corrected chi connectivity index (χ1v) is 13.6. The number of nitrogens with one attached hydrogen (secondary N) is 1. The van der Waals surface area contributed by atoms with Gasteiger partial charge in [0.25, 0.3) is 5.91 Å². The molecular formula is C30H36ClN5O2. The number of hydrogen-bond acceptors (Lipinski definition) is 4. The molecule has 1 amide bonds. The lowest BCUT2D eigenvalue weighted by atomic mass is 9.93. The largest absolute Gasteiger partial charge is 0.349 e. The molecule has 0 aliphatic carbocycles. The van der Waals surface area contributed by atoms with Gasteiger partial charge in [0, 0.05) is 11.3 Å². The van der Waals surface area contributed by atoms with Crippen molar-refractivity contribution >= 4 is 23.0 Å². The zero-order chi connectivity index (χ0) is 27.4.